The van der Waals surface area contributed by atoms with E-state index in [2.05, 4.69) is 5.10 Å². The summed E-state index contributed by atoms with van der Waals surface area (Å²) in [4.78, 5) is 23.1. The van der Waals surface area contributed by atoms with Crippen LogP contribution in [0.1, 0.15) is 15.9 Å². The Labute approximate surface area is 172 Å². The fourth-order valence-electron chi connectivity index (χ4n) is 2.99. The second-order valence-electron chi connectivity index (χ2n) is 6.54. The molecule has 4 rings (SSSR count). The topological polar surface area (TPSA) is 87.3 Å². The lowest BCUT2D eigenvalue weighted by Crippen LogP contribution is -2.06. The first-order chi connectivity index (χ1) is 14.6. The molecule has 0 spiro atoms. The Balaban J connectivity index is 1.60. The third-order valence-corrected chi connectivity index (χ3v) is 4.52. The zero-order valence-electron chi connectivity index (χ0n) is 15.8. The van der Waals surface area contributed by atoms with Crippen LogP contribution in [0.2, 0.25) is 0 Å². The second-order valence-corrected chi connectivity index (χ2v) is 6.54. The highest BCUT2D eigenvalue weighted by Crippen LogP contribution is 2.25. The Morgan fingerprint density at radius 1 is 0.933 bits per heavy atom. The van der Waals surface area contributed by atoms with E-state index in [0.717, 1.165) is 11.3 Å². The molecule has 0 unspecified atom stereocenters. The second kappa shape index (κ2) is 8.40. The molecule has 3 aromatic carbocycles. The average molecular weight is 399 g/mol. The molecule has 0 saturated carbocycles. The molecule has 0 fully saturated rings. The van der Waals surface area contributed by atoms with Gasteiger partial charge in [-0.3, -0.25) is 10.1 Å². The number of nitrogens with zero attached hydrogens (tertiary/aromatic N) is 3. The summed E-state index contributed by atoms with van der Waals surface area (Å²) in [6.07, 6.45) is 1.65. The summed E-state index contributed by atoms with van der Waals surface area (Å²) in [5.74, 6) is -0.519. The maximum Gasteiger partial charge on any atom is 0.342 e. The molecule has 7 heteroatoms. The molecule has 0 amide bonds. The van der Waals surface area contributed by atoms with E-state index in [1.54, 1.807) is 23.0 Å². The summed E-state index contributed by atoms with van der Waals surface area (Å²) >= 11 is 0. The van der Waals surface area contributed by atoms with E-state index in [1.165, 1.54) is 12.1 Å². The van der Waals surface area contributed by atoms with Crippen LogP contribution in [0.25, 0.3) is 16.9 Å². The molecule has 148 valence electrons. The summed E-state index contributed by atoms with van der Waals surface area (Å²) in [6.45, 7) is 0.00156. The zero-order valence-corrected chi connectivity index (χ0v) is 15.8. The fraction of sp³-hybridized carbons (Fsp3) is 0.0435. The lowest BCUT2D eigenvalue weighted by atomic mass is 10.1. The van der Waals surface area contributed by atoms with Crippen molar-refractivity contribution >= 4 is 11.7 Å². The fourth-order valence-corrected chi connectivity index (χ4v) is 2.99. The van der Waals surface area contributed by atoms with Gasteiger partial charge in [-0.15, -0.1) is 0 Å². The van der Waals surface area contributed by atoms with Crippen molar-refractivity contribution in [2.24, 2.45) is 0 Å². The maximum atomic E-state index is 12.8. The number of esters is 1. The molecule has 0 bridgehead atoms. The molecular formula is C23H17N3O4. The third kappa shape index (κ3) is 4.10. The number of hydrogen-bond acceptors (Lipinski definition) is 5. The number of hydrogen-bond donors (Lipinski definition) is 0. The Hall–Kier alpha value is -4.26. The number of rotatable bonds is 6. The quantitative estimate of drug-likeness (QED) is 0.264. The van der Waals surface area contributed by atoms with Crippen LogP contribution in [-0.4, -0.2) is 20.7 Å². The molecule has 0 saturated heterocycles. The summed E-state index contributed by atoms with van der Waals surface area (Å²) in [5, 5.41) is 15.4. The molecule has 0 aliphatic rings. The van der Waals surface area contributed by atoms with Crippen LogP contribution in [-0.2, 0) is 11.3 Å². The number of nitro benzene ring substituents is 1. The Morgan fingerprint density at radius 2 is 1.57 bits per heavy atom. The van der Waals surface area contributed by atoms with Gasteiger partial charge in [0.05, 0.1) is 10.6 Å². The van der Waals surface area contributed by atoms with Gasteiger partial charge in [0.1, 0.15) is 17.9 Å². The van der Waals surface area contributed by atoms with Crippen molar-refractivity contribution < 1.29 is 14.5 Å². The Morgan fingerprint density at radius 3 is 2.20 bits per heavy atom. The monoisotopic (exact) mass is 399 g/mol. The van der Waals surface area contributed by atoms with E-state index < -0.39 is 10.9 Å². The minimum atomic E-state index is -0.519. The predicted octanol–water partition coefficient (Wildman–Crippen LogP) is 4.80. The Bertz CT molecular complexity index is 1170. The summed E-state index contributed by atoms with van der Waals surface area (Å²) in [6, 6.07) is 24.8. The number of non-ortho nitro benzene ring substituents is 1. The predicted molar refractivity (Wildman–Crippen MR) is 111 cm³/mol. The van der Waals surface area contributed by atoms with E-state index in [1.807, 2.05) is 60.7 Å². The van der Waals surface area contributed by atoms with Gasteiger partial charge < -0.3 is 4.74 Å². The highest BCUT2D eigenvalue weighted by atomic mass is 16.6. The van der Waals surface area contributed by atoms with E-state index in [0.29, 0.717) is 16.8 Å². The number of carbonyl (C=O) groups excluding carboxylic acids is 1. The first kappa shape index (κ1) is 19.1. The number of ether oxygens (including phenoxy) is 1. The molecule has 0 radical (unpaired) electrons. The number of carbonyl (C=O) groups is 1. The standard InChI is InChI=1S/C23H17N3O4/c27-23(30-16-17-11-13-20(14-12-17)26(28)29)21-15-25(19-9-5-2-6-10-19)24-22(21)18-7-3-1-4-8-18/h1-15H,16H2. The van der Waals surface area contributed by atoms with Crippen molar-refractivity contribution in [1.82, 2.24) is 9.78 Å². The molecule has 7 nitrogen and oxygen atoms in total. The number of benzene rings is 3. The third-order valence-electron chi connectivity index (χ3n) is 4.52. The van der Waals surface area contributed by atoms with Crippen LogP contribution in [0.4, 0.5) is 5.69 Å². The number of aromatic nitrogens is 2. The first-order valence-electron chi connectivity index (χ1n) is 9.23. The van der Waals surface area contributed by atoms with Gasteiger partial charge >= 0.3 is 5.97 Å². The summed E-state index contributed by atoms with van der Waals surface area (Å²) in [7, 11) is 0. The maximum absolute atomic E-state index is 12.8. The molecule has 1 heterocycles. The van der Waals surface area contributed by atoms with Crippen molar-refractivity contribution in [1.29, 1.82) is 0 Å². The lowest BCUT2D eigenvalue weighted by molar-refractivity contribution is -0.384. The summed E-state index contributed by atoms with van der Waals surface area (Å²) in [5.41, 5.74) is 3.13. The van der Waals surface area contributed by atoms with Gasteiger partial charge in [-0.2, -0.15) is 5.10 Å². The van der Waals surface area contributed by atoms with Gasteiger partial charge in [-0.25, -0.2) is 9.48 Å². The van der Waals surface area contributed by atoms with E-state index in [-0.39, 0.29) is 12.3 Å². The molecule has 0 atom stereocenters. The van der Waals surface area contributed by atoms with Crippen LogP contribution in [0.5, 0.6) is 0 Å². The van der Waals surface area contributed by atoms with Crippen LogP contribution >= 0.6 is 0 Å². The number of para-hydroxylation sites is 1. The highest BCUT2D eigenvalue weighted by molar-refractivity contribution is 5.96. The van der Waals surface area contributed by atoms with E-state index in [4.69, 9.17) is 4.74 Å². The van der Waals surface area contributed by atoms with Gasteiger partial charge in [0, 0.05) is 23.9 Å². The van der Waals surface area contributed by atoms with Crippen LogP contribution < -0.4 is 0 Å². The highest BCUT2D eigenvalue weighted by Gasteiger charge is 2.20. The SMILES string of the molecule is O=C(OCc1ccc([N+](=O)[O-])cc1)c1cn(-c2ccccc2)nc1-c1ccccc1. The van der Waals surface area contributed by atoms with Gasteiger partial charge in [-0.1, -0.05) is 48.5 Å². The van der Waals surface area contributed by atoms with Gasteiger partial charge in [0.25, 0.3) is 5.69 Å². The molecule has 0 N–H and O–H groups in total. The van der Waals surface area contributed by atoms with Crippen LogP contribution in [0.15, 0.2) is 91.1 Å². The van der Waals surface area contributed by atoms with Gasteiger partial charge in [-0.05, 0) is 29.8 Å². The first-order valence-corrected chi connectivity index (χ1v) is 9.23. The molecule has 0 aliphatic heterocycles. The largest absolute Gasteiger partial charge is 0.457 e. The molecule has 30 heavy (non-hydrogen) atoms. The van der Waals surface area contributed by atoms with Gasteiger partial charge in [0.15, 0.2) is 0 Å². The minimum absolute atomic E-state index is 0.00156. The molecular weight excluding hydrogens is 382 g/mol. The molecule has 1 aromatic heterocycles. The normalized spacial score (nSPS) is 10.5. The average Bonchev–Trinajstić information content (AvgIpc) is 3.25. The van der Waals surface area contributed by atoms with Crippen molar-refractivity contribution in [2.45, 2.75) is 6.61 Å². The summed E-state index contributed by atoms with van der Waals surface area (Å²) < 4.78 is 7.11. The van der Waals surface area contributed by atoms with Crippen molar-refractivity contribution in [3.8, 4) is 16.9 Å². The van der Waals surface area contributed by atoms with Crippen molar-refractivity contribution in [3.05, 3.63) is 112 Å². The number of nitro groups is 1. The van der Waals surface area contributed by atoms with Crippen LogP contribution in [0, 0.1) is 10.1 Å². The molecule has 4 aromatic rings. The van der Waals surface area contributed by atoms with E-state index in [9.17, 15) is 14.9 Å². The smallest absolute Gasteiger partial charge is 0.342 e. The molecule has 0 aliphatic carbocycles. The van der Waals surface area contributed by atoms with Gasteiger partial charge in [0.2, 0.25) is 0 Å². The van der Waals surface area contributed by atoms with Crippen molar-refractivity contribution in [3.63, 3.8) is 0 Å². The Kier molecular flexibility index (Phi) is 5.34. The van der Waals surface area contributed by atoms with Crippen LogP contribution in [0.3, 0.4) is 0 Å². The van der Waals surface area contributed by atoms with Crippen molar-refractivity contribution in [2.75, 3.05) is 0 Å². The lowest BCUT2D eigenvalue weighted by Gasteiger charge is -2.05. The zero-order chi connectivity index (χ0) is 20.9. The van der Waals surface area contributed by atoms with E-state index >= 15 is 0 Å². The minimum Gasteiger partial charge on any atom is -0.457 e.